The number of aromatic amines is 1. The lowest BCUT2D eigenvalue weighted by atomic mass is 10.0. The molecule has 4 rings (SSSR count). The van der Waals surface area contributed by atoms with Gasteiger partial charge in [0.25, 0.3) is 11.7 Å². The van der Waals surface area contributed by atoms with E-state index in [9.17, 15) is 14.4 Å². The lowest BCUT2D eigenvalue weighted by Gasteiger charge is -2.26. The summed E-state index contributed by atoms with van der Waals surface area (Å²) in [6.45, 7) is 3.62. The van der Waals surface area contributed by atoms with Crippen LogP contribution in [0.4, 0.5) is 10.6 Å². The van der Waals surface area contributed by atoms with Gasteiger partial charge in [-0.15, -0.1) is 4.99 Å². The second kappa shape index (κ2) is 7.86. The van der Waals surface area contributed by atoms with Crippen LogP contribution in [0.25, 0.3) is 0 Å². The molecule has 0 saturated heterocycles. The molecule has 3 heterocycles. The highest BCUT2D eigenvalue weighted by Gasteiger charge is 2.47. The van der Waals surface area contributed by atoms with Crippen LogP contribution in [0.15, 0.2) is 47.5 Å². The first kappa shape index (κ1) is 19.4. The molecule has 1 aromatic heterocycles. The summed E-state index contributed by atoms with van der Waals surface area (Å²) in [5.74, 6) is -0.888. The van der Waals surface area contributed by atoms with Crippen molar-refractivity contribution in [1.29, 1.82) is 0 Å². The number of hydrogen-bond acceptors (Lipinski definition) is 5. The Morgan fingerprint density at radius 2 is 2.00 bits per heavy atom. The fourth-order valence-corrected chi connectivity index (χ4v) is 3.36. The molecule has 2 aromatic rings. The number of amidine groups is 1. The van der Waals surface area contributed by atoms with Crippen molar-refractivity contribution in [2.75, 3.05) is 11.9 Å². The number of carbonyl (C=O) groups is 3. The molecule has 152 valence electrons. The van der Waals surface area contributed by atoms with Crippen LogP contribution in [0, 0.1) is 19.8 Å². The van der Waals surface area contributed by atoms with Crippen LogP contribution in [0.5, 0.6) is 0 Å². The fourth-order valence-electron chi connectivity index (χ4n) is 3.36. The van der Waals surface area contributed by atoms with Crippen LogP contribution in [0.2, 0.25) is 0 Å². The third kappa shape index (κ3) is 3.82. The van der Waals surface area contributed by atoms with Gasteiger partial charge in [-0.3, -0.25) is 14.7 Å². The summed E-state index contributed by atoms with van der Waals surface area (Å²) >= 11 is 0. The number of aliphatic imine (C=N–C) groups is 1. The monoisotopic (exact) mass is 405 g/mol. The second-order valence-electron chi connectivity index (χ2n) is 7.26. The Morgan fingerprint density at radius 1 is 1.23 bits per heavy atom. The van der Waals surface area contributed by atoms with Crippen molar-refractivity contribution < 1.29 is 19.0 Å². The zero-order chi connectivity index (χ0) is 21.3. The number of imide groups is 1. The predicted molar refractivity (Wildman–Crippen MR) is 110 cm³/mol. The first-order valence-corrected chi connectivity index (χ1v) is 9.50. The van der Waals surface area contributed by atoms with Crippen LogP contribution in [-0.4, -0.2) is 56.1 Å². The minimum absolute atomic E-state index is 0.121. The molecule has 4 amide bonds. The normalized spacial score (nSPS) is 18.1. The molecular weight excluding hydrogens is 384 g/mol. The topological polar surface area (TPSA) is 111 Å². The summed E-state index contributed by atoms with van der Waals surface area (Å²) in [6.07, 6.45) is 4.85. The lowest BCUT2D eigenvalue weighted by Crippen LogP contribution is -2.55. The molecule has 1 atom stereocenters. The highest BCUT2D eigenvalue weighted by Crippen LogP contribution is 2.21. The highest BCUT2D eigenvalue weighted by atomic mass is 16.2. The van der Waals surface area contributed by atoms with E-state index in [0.29, 0.717) is 5.82 Å². The number of benzene rings is 1. The van der Waals surface area contributed by atoms with Crippen molar-refractivity contribution in [3.63, 3.8) is 0 Å². The van der Waals surface area contributed by atoms with Crippen molar-refractivity contribution in [2.24, 2.45) is 10.9 Å². The minimum atomic E-state index is -0.710. The zero-order valence-electron chi connectivity index (χ0n) is 16.6. The number of rotatable bonds is 5. The molecule has 0 aliphatic carbocycles. The standard InChI is InChI=1S/C21H20N6O3/c1-13-5-7-15(8-6-13)11-27-20(29)16-4-3-9-22-19(16)26(21(27)30)12-18(28)23-17-10-14(2)24-25-17/h3-10,16H,11-12H2,1-2H3,(H-,23,24,25,28)/p+1. The predicted octanol–water partition coefficient (Wildman–Crippen LogP) is 1.80. The number of aromatic nitrogens is 2. The van der Waals surface area contributed by atoms with Crippen LogP contribution >= 0.6 is 0 Å². The van der Waals surface area contributed by atoms with E-state index in [2.05, 4.69) is 20.5 Å². The summed E-state index contributed by atoms with van der Waals surface area (Å²) < 4.78 is 1.25. The van der Waals surface area contributed by atoms with Gasteiger partial charge in [0.15, 0.2) is 18.3 Å². The van der Waals surface area contributed by atoms with Crippen molar-refractivity contribution in [3.05, 3.63) is 59.3 Å². The number of aryl methyl sites for hydroxylation is 2. The van der Waals surface area contributed by atoms with E-state index in [1.807, 2.05) is 38.1 Å². The largest absolute Gasteiger partial charge is 0.446 e. The second-order valence-corrected chi connectivity index (χ2v) is 7.26. The van der Waals surface area contributed by atoms with Gasteiger partial charge in [0.1, 0.15) is 12.8 Å². The van der Waals surface area contributed by atoms with Crippen molar-refractivity contribution in [3.8, 4) is 0 Å². The molecule has 1 aromatic carbocycles. The van der Waals surface area contributed by atoms with Crippen molar-refractivity contribution in [2.45, 2.75) is 20.4 Å². The first-order chi connectivity index (χ1) is 14.4. The van der Waals surface area contributed by atoms with Crippen molar-refractivity contribution in [1.82, 2.24) is 15.1 Å². The summed E-state index contributed by atoms with van der Waals surface area (Å²) in [5, 5.41) is 9.35. The number of allylic oxidation sites excluding steroid dienone is 1. The number of dihydropyridines is 1. The van der Waals surface area contributed by atoms with Crippen LogP contribution < -0.4 is 5.32 Å². The van der Waals surface area contributed by atoms with E-state index in [1.54, 1.807) is 18.2 Å². The van der Waals surface area contributed by atoms with Gasteiger partial charge < -0.3 is 5.32 Å². The summed E-state index contributed by atoms with van der Waals surface area (Å²) in [6, 6.07) is 8.71. The van der Waals surface area contributed by atoms with Gasteiger partial charge in [0.2, 0.25) is 0 Å². The molecule has 9 nitrogen and oxygen atoms in total. The number of carbonyl (C=O) groups excluding carboxylic acids is 3. The van der Waals surface area contributed by atoms with Crippen molar-refractivity contribution >= 4 is 35.7 Å². The quantitative estimate of drug-likeness (QED) is 0.739. The number of nitrogens with zero attached hydrogens (tertiary/aromatic N) is 4. The summed E-state index contributed by atoms with van der Waals surface area (Å²) in [4.78, 5) is 44.1. The number of fused-ring (bicyclic) bond motifs is 1. The average Bonchev–Trinajstić information content (AvgIpc) is 3.14. The van der Waals surface area contributed by atoms with Gasteiger partial charge in [-0.25, -0.2) is 4.79 Å². The lowest BCUT2D eigenvalue weighted by molar-refractivity contribution is -0.429. The maximum atomic E-state index is 13.2. The number of H-pyrrole nitrogens is 1. The molecule has 0 radical (unpaired) electrons. The third-order valence-corrected chi connectivity index (χ3v) is 4.88. The molecule has 1 unspecified atom stereocenters. The molecule has 2 aliphatic heterocycles. The minimum Gasteiger partial charge on any atom is -0.306 e. The number of anilines is 1. The van der Waals surface area contributed by atoms with E-state index in [4.69, 9.17) is 0 Å². The number of nitrogens with one attached hydrogen (secondary N) is 2. The molecule has 0 spiro atoms. The van der Waals surface area contributed by atoms with Crippen LogP contribution in [-0.2, 0) is 16.1 Å². The molecule has 0 fully saturated rings. The summed E-state index contributed by atoms with van der Waals surface area (Å²) in [5.41, 5.74) is 2.71. The maximum Gasteiger partial charge on any atom is 0.446 e. The van der Waals surface area contributed by atoms with Crippen LogP contribution in [0.3, 0.4) is 0 Å². The molecule has 30 heavy (non-hydrogen) atoms. The number of urea groups is 1. The maximum absolute atomic E-state index is 13.2. The average molecular weight is 405 g/mol. The van der Waals surface area contributed by atoms with E-state index in [1.165, 1.54) is 10.8 Å². The Morgan fingerprint density at radius 3 is 2.70 bits per heavy atom. The van der Waals surface area contributed by atoms with E-state index in [-0.39, 0.29) is 24.8 Å². The SMILES string of the molecule is Cc1ccc(CN2C(=O)C3C=CC=NC3=[N+](CC(=O)Nc3cc(C)[nH]n3)C2=O)cc1. The third-order valence-electron chi connectivity index (χ3n) is 4.88. The van der Waals surface area contributed by atoms with E-state index < -0.39 is 17.9 Å². The Bertz CT molecular complexity index is 1110. The molecule has 9 heteroatoms. The molecule has 2 N–H and O–H groups in total. The van der Waals surface area contributed by atoms with Gasteiger partial charge in [-0.2, -0.15) is 14.6 Å². The van der Waals surface area contributed by atoms with Crippen LogP contribution in [0.1, 0.15) is 16.8 Å². The Kier molecular flexibility index (Phi) is 5.09. The summed E-state index contributed by atoms with van der Waals surface area (Å²) in [7, 11) is 0. The van der Waals surface area contributed by atoms with Gasteiger partial charge in [-0.1, -0.05) is 35.9 Å². The van der Waals surface area contributed by atoms with Gasteiger partial charge in [0, 0.05) is 11.8 Å². The molecule has 0 saturated carbocycles. The van der Waals surface area contributed by atoms with Gasteiger partial charge >= 0.3 is 11.9 Å². The van der Waals surface area contributed by atoms with Gasteiger partial charge in [0.05, 0.1) is 0 Å². The van der Waals surface area contributed by atoms with E-state index in [0.717, 1.165) is 21.7 Å². The smallest absolute Gasteiger partial charge is 0.306 e. The number of amides is 4. The molecule has 0 bridgehead atoms. The first-order valence-electron chi connectivity index (χ1n) is 9.50. The Balaban J connectivity index is 1.61. The van der Waals surface area contributed by atoms with E-state index >= 15 is 0 Å². The molecular formula is C21H21N6O3+. The fraction of sp³-hybridized carbons (Fsp3) is 0.238. The van der Waals surface area contributed by atoms with Gasteiger partial charge in [-0.05, 0) is 25.5 Å². The Labute approximate surface area is 172 Å². The zero-order valence-corrected chi connectivity index (χ0v) is 16.6. The number of hydrogen-bond donors (Lipinski definition) is 2. The Hall–Kier alpha value is -3.88. The molecule has 2 aliphatic rings. The highest BCUT2D eigenvalue weighted by molar-refractivity contribution is 6.15.